The zero-order chi connectivity index (χ0) is 11.5. The maximum Gasteiger partial charge on any atom is 0.114 e. The van der Waals surface area contributed by atoms with E-state index in [9.17, 15) is 0 Å². The lowest BCUT2D eigenvalue weighted by Gasteiger charge is -2.33. The number of nitrogens with two attached hydrogens (primary N) is 1. The number of thioether (sulfide) groups is 1. The number of hydrogen-bond donors (Lipinski definition) is 1. The molecule has 1 aromatic heterocycles. The van der Waals surface area contributed by atoms with Crippen LogP contribution in [0, 0.1) is 18.8 Å². The molecule has 0 bridgehead atoms. The van der Waals surface area contributed by atoms with Crippen LogP contribution in [-0.4, -0.2) is 11.8 Å². The van der Waals surface area contributed by atoms with Crippen LogP contribution < -0.4 is 5.73 Å². The summed E-state index contributed by atoms with van der Waals surface area (Å²) >= 11 is 1.96. The molecule has 0 aliphatic heterocycles. The van der Waals surface area contributed by atoms with Crippen LogP contribution in [0.1, 0.15) is 31.9 Å². The van der Waals surface area contributed by atoms with Crippen molar-refractivity contribution in [2.75, 3.05) is 6.54 Å². The molecule has 3 heteroatoms. The van der Waals surface area contributed by atoms with Gasteiger partial charge in [-0.3, -0.25) is 0 Å². The Balaban J connectivity index is 2.03. The molecule has 90 valence electrons. The van der Waals surface area contributed by atoms with Crippen molar-refractivity contribution in [3.63, 3.8) is 0 Å². The van der Waals surface area contributed by atoms with E-state index in [0.29, 0.717) is 11.2 Å². The highest BCUT2D eigenvalue weighted by Crippen LogP contribution is 2.40. The minimum absolute atomic E-state index is 0.671. The minimum atomic E-state index is 0.671. The van der Waals surface area contributed by atoms with Crippen molar-refractivity contribution in [2.45, 2.75) is 43.3 Å². The Kier molecular flexibility index (Phi) is 3.98. The first kappa shape index (κ1) is 12.1. The normalized spacial score (nSPS) is 30.6. The fourth-order valence-corrected chi connectivity index (χ4v) is 4.00. The van der Waals surface area contributed by atoms with Gasteiger partial charge in [-0.25, -0.2) is 0 Å². The molecule has 2 N–H and O–H groups in total. The van der Waals surface area contributed by atoms with E-state index >= 15 is 0 Å². The Morgan fingerprint density at radius 1 is 1.50 bits per heavy atom. The highest BCUT2D eigenvalue weighted by molar-refractivity contribution is 8.00. The highest BCUT2D eigenvalue weighted by Gasteiger charge is 2.29. The SMILES string of the molecule is Cc1occc1SC1CC(C)CCC1CN. The Bertz CT molecular complexity index is 336. The average molecular weight is 239 g/mol. The molecule has 1 saturated carbocycles. The fraction of sp³-hybridized carbons (Fsp3) is 0.692. The first-order chi connectivity index (χ1) is 7.70. The molecule has 1 aliphatic carbocycles. The van der Waals surface area contributed by atoms with Gasteiger partial charge in [-0.2, -0.15) is 0 Å². The van der Waals surface area contributed by atoms with Gasteiger partial charge in [-0.05, 0) is 44.2 Å². The Labute approximate surface area is 102 Å². The predicted molar refractivity (Wildman–Crippen MR) is 68.6 cm³/mol. The van der Waals surface area contributed by atoms with E-state index in [1.807, 2.05) is 18.7 Å². The smallest absolute Gasteiger partial charge is 0.114 e. The summed E-state index contributed by atoms with van der Waals surface area (Å²) < 4.78 is 5.35. The van der Waals surface area contributed by atoms with Crippen molar-refractivity contribution in [1.82, 2.24) is 0 Å². The molecule has 0 amide bonds. The molecule has 3 unspecified atom stereocenters. The number of rotatable bonds is 3. The van der Waals surface area contributed by atoms with Crippen molar-refractivity contribution in [1.29, 1.82) is 0 Å². The molecule has 2 rings (SSSR count). The molecule has 3 atom stereocenters. The first-order valence-electron chi connectivity index (χ1n) is 6.11. The summed E-state index contributed by atoms with van der Waals surface area (Å²) in [4.78, 5) is 1.29. The van der Waals surface area contributed by atoms with Crippen molar-refractivity contribution in [3.8, 4) is 0 Å². The van der Waals surface area contributed by atoms with Gasteiger partial charge >= 0.3 is 0 Å². The molecule has 0 aromatic carbocycles. The standard InChI is InChI=1S/C13H21NOS/c1-9-3-4-11(8-14)13(7-9)16-12-5-6-15-10(12)2/h5-6,9,11,13H,3-4,7-8,14H2,1-2H3. The van der Waals surface area contributed by atoms with Crippen LogP contribution in [0.4, 0.5) is 0 Å². The van der Waals surface area contributed by atoms with Crippen LogP contribution in [-0.2, 0) is 0 Å². The summed E-state index contributed by atoms with van der Waals surface area (Å²) in [5.74, 6) is 2.56. The quantitative estimate of drug-likeness (QED) is 0.878. The zero-order valence-corrected chi connectivity index (χ0v) is 10.9. The summed E-state index contributed by atoms with van der Waals surface area (Å²) in [7, 11) is 0. The summed E-state index contributed by atoms with van der Waals surface area (Å²) in [6.07, 6.45) is 5.69. The molecule has 1 heterocycles. The maximum absolute atomic E-state index is 5.87. The van der Waals surface area contributed by atoms with Crippen LogP contribution >= 0.6 is 11.8 Å². The lowest BCUT2D eigenvalue weighted by molar-refractivity contribution is 0.306. The topological polar surface area (TPSA) is 39.2 Å². The van der Waals surface area contributed by atoms with Crippen LogP contribution in [0.25, 0.3) is 0 Å². The molecule has 0 spiro atoms. The van der Waals surface area contributed by atoms with Crippen LogP contribution in [0.5, 0.6) is 0 Å². The summed E-state index contributed by atoms with van der Waals surface area (Å²) in [6.45, 7) is 5.20. The lowest BCUT2D eigenvalue weighted by Crippen LogP contribution is -2.31. The molecular formula is C13H21NOS. The third-order valence-electron chi connectivity index (χ3n) is 3.58. The fourth-order valence-electron chi connectivity index (χ4n) is 2.46. The second-order valence-corrected chi connectivity index (χ2v) is 6.19. The summed E-state index contributed by atoms with van der Waals surface area (Å²) in [5.41, 5.74) is 5.87. The third-order valence-corrected chi connectivity index (χ3v) is 5.14. The van der Waals surface area contributed by atoms with Gasteiger partial charge in [0, 0.05) is 10.1 Å². The van der Waals surface area contributed by atoms with Crippen LogP contribution in [0.2, 0.25) is 0 Å². The minimum Gasteiger partial charge on any atom is -0.468 e. The third kappa shape index (κ3) is 2.64. The van der Waals surface area contributed by atoms with E-state index < -0.39 is 0 Å². The molecule has 1 fully saturated rings. The zero-order valence-electron chi connectivity index (χ0n) is 10.1. The molecule has 1 aromatic rings. The van der Waals surface area contributed by atoms with E-state index in [4.69, 9.17) is 10.2 Å². The Morgan fingerprint density at radius 3 is 2.94 bits per heavy atom. The second-order valence-electron chi connectivity index (χ2n) is 4.91. The molecule has 16 heavy (non-hydrogen) atoms. The Morgan fingerprint density at radius 2 is 2.31 bits per heavy atom. The van der Waals surface area contributed by atoms with Gasteiger partial charge in [0.05, 0.1) is 6.26 Å². The van der Waals surface area contributed by atoms with E-state index in [0.717, 1.165) is 18.2 Å². The Hall–Kier alpha value is -0.410. The lowest BCUT2D eigenvalue weighted by atomic mass is 9.82. The van der Waals surface area contributed by atoms with Crippen LogP contribution in [0.3, 0.4) is 0 Å². The summed E-state index contributed by atoms with van der Waals surface area (Å²) in [5, 5.41) is 0.671. The maximum atomic E-state index is 5.87. The van der Waals surface area contributed by atoms with E-state index in [1.54, 1.807) is 6.26 Å². The molecular weight excluding hydrogens is 218 g/mol. The van der Waals surface area contributed by atoms with Crippen molar-refractivity contribution >= 4 is 11.8 Å². The predicted octanol–water partition coefficient (Wildman–Crippen LogP) is 3.44. The van der Waals surface area contributed by atoms with Crippen LogP contribution in [0.15, 0.2) is 21.6 Å². The number of hydrogen-bond acceptors (Lipinski definition) is 3. The van der Waals surface area contributed by atoms with Gasteiger partial charge in [-0.1, -0.05) is 13.3 Å². The average Bonchev–Trinajstić information content (AvgIpc) is 2.65. The van der Waals surface area contributed by atoms with E-state index in [1.165, 1.54) is 24.2 Å². The largest absolute Gasteiger partial charge is 0.468 e. The number of furan rings is 1. The van der Waals surface area contributed by atoms with Crippen molar-refractivity contribution in [3.05, 3.63) is 18.1 Å². The van der Waals surface area contributed by atoms with Gasteiger partial charge in [0.2, 0.25) is 0 Å². The van der Waals surface area contributed by atoms with Gasteiger partial charge < -0.3 is 10.2 Å². The van der Waals surface area contributed by atoms with Crippen molar-refractivity contribution < 1.29 is 4.42 Å². The van der Waals surface area contributed by atoms with Crippen molar-refractivity contribution in [2.24, 2.45) is 17.6 Å². The second kappa shape index (κ2) is 5.28. The van der Waals surface area contributed by atoms with Gasteiger partial charge in [0.15, 0.2) is 0 Å². The monoisotopic (exact) mass is 239 g/mol. The molecule has 0 saturated heterocycles. The highest BCUT2D eigenvalue weighted by atomic mass is 32.2. The molecule has 0 radical (unpaired) electrons. The molecule has 1 aliphatic rings. The van der Waals surface area contributed by atoms with Gasteiger partial charge in [0.1, 0.15) is 5.76 Å². The molecule has 2 nitrogen and oxygen atoms in total. The van der Waals surface area contributed by atoms with Gasteiger partial charge in [-0.15, -0.1) is 11.8 Å². The van der Waals surface area contributed by atoms with E-state index in [-0.39, 0.29) is 0 Å². The summed E-state index contributed by atoms with van der Waals surface area (Å²) in [6, 6.07) is 2.08. The van der Waals surface area contributed by atoms with Gasteiger partial charge in [0.25, 0.3) is 0 Å². The first-order valence-corrected chi connectivity index (χ1v) is 6.99. The van der Waals surface area contributed by atoms with E-state index in [2.05, 4.69) is 13.0 Å². The number of aryl methyl sites for hydroxylation is 1.